The summed E-state index contributed by atoms with van der Waals surface area (Å²) in [5, 5.41) is 0. The fraction of sp³-hybridized carbons (Fsp3) is 0. The van der Waals surface area contributed by atoms with E-state index in [0.717, 1.165) is 61.3 Å². The van der Waals surface area contributed by atoms with E-state index in [1.54, 1.807) is 0 Å². The summed E-state index contributed by atoms with van der Waals surface area (Å²) in [4.78, 5) is 19.9. The maximum atomic E-state index is 6.04. The van der Waals surface area contributed by atoms with Gasteiger partial charge in [0, 0.05) is 34.1 Å². The lowest BCUT2D eigenvalue weighted by Gasteiger charge is -2.13. The lowest BCUT2D eigenvalue weighted by atomic mass is 9.97. The van der Waals surface area contributed by atoms with Crippen molar-refractivity contribution in [2.45, 2.75) is 0 Å². The first-order valence-electron chi connectivity index (χ1n) is 16.2. The fourth-order valence-electron chi connectivity index (χ4n) is 5.93. The molecular weight excluding hydrogens is 599 g/mol. The molecule has 0 saturated heterocycles. The van der Waals surface area contributed by atoms with E-state index in [4.69, 9.17) is 20.7 Å². The second kappa shape index (κ2) is 13.2. The summed E-state index contributed by atoms with van der Waals surface area (Å²) in [6.45, 7) is 0. The molecule has 0 saturated carbocycles. The van der Waals surface area contributed by atoms with Crippen LogP contribution in [0.15, 0.2) is 176 Å². The molecule has 8 aromatic rings. The number of benzene rings is 6. The highest BCUT2D eigenvalue weighted by Crippen LogP contribution is 2.34. The molecule has 5 nitrogen and oxygen atoms in total. The zero-order valence-corrected chi connectivity index (χ0v) is 26.6. The standard InChI is InChI=1S/C44H31N5/c45-40-24-22-34(23-25-40)37-27-38(41-13-7-8-26-46-41)29-39(28-37)44-48-42(35-18-14-32(15-19-35)30-9-3-1-4-10-30)47-43(49-44)36-20-16-33(17-21-36)31-11-5-2-6-12-31/h1-29H,45H2. The Kier molecular flexibility index (Phi) is 7.98. The molecule has 0 spiro atoms. The number of hydrogen-bond donors (Lipinski definition) is 1. The topological polar surface area (TPSA) is 77.6 Å². The van der Waals surface area contributed by atoms with E-state index >= 15 is 0 Å². The third-order valence-corrected chi connectivity index (χ3v) is 8.53. The summed E-state index contributed by atoms with van der Waals surface area (Å²) in [5.74, 6) is 1.78. The van der Waals surface area contributed by atoms with Crippen LogP contribution in [0.5, 0.6) is 0 Å². The van der Waals surface area contributed by atoms with Crippen molar-refractivity contribution in [3.05, 3.63) is 176 Å². The van der Waals surface area contributed by atoms with Gasteiger partial charge in [-0.1, -0.05) is 127 Å². The molecule has 0 amide bonds. The quantitative estimate of drug-likeness (QED) is 0.178. The second-order valence-electron chi connectivity index (χ2n) is 11.8. The van der Waals surface area contributed by atoms with Crippen molar-refractivity contribution >= 4 is 5.69 Å². The van der Waals surface area contributed by atoms with Crippen LogP contribution >= 0.6 is 0 Å². The van der Waals surface area contributed by atoms with Crippen molar-refractivity contribution in [3.8, 4) is 78.8 Å². The van der Waals surface area contributed by atoms with Crippen LogP contribution in [0.3, 0.4) is 0 Å². The van der Waals surface area contributed by atoms with Crippen molar-refractivity contribution in [1.29, 1.82) is 0 Å². The molecular formula is C44H31N5. The van der Waals surface area contributed by atoms with Crippen LogP contribution < -0.4 is 5.73 Å². The van der Waals surface area contributed by atoms with Gasteiger partial charge in [0.05, 0.1) is 5.69 Å². The molecule has 49 heavy (non-hydrogen) atoms. The Morgan fingerprint density at radius 3 is 1.20 bits per heavy atom. The number of aromatic nitrogens is 4. The van der Waals surface area contributed by atoms with Gasteiger partial charge in [-0.15, -0.1) is 0 Å². The van der Waals surface area contributed by atoms with Crippen molar-refractivity contribution in [1.82, 2.24) is 19.9 Å². The number of pyridine rings is 1. The molecule has 0 atom stereocenters. The Morgan fingerprint density at radius 2 is 0.694 bits per heavy atom. The molecule has 0 bridgehead atoms. The van der Waals surface area contributed by atoms with E-state index in [1.807, 2.05) is 60.8 Å². The smallest absolute Gasteiger partial charge is 0.164 e. The van der Waals surface area contributed by atoms with Crippen LogP contribution in [0, 0.1) is 0 Å². The molecule has 0 aliphatic heterocycles. The summed E-state index contributed by atoms with van der Waals surface area (Å²) >= 11 is 0. The number of hydrogen-bond acceptors (Lipinski definition) is 5. The molecule has 2 heterocycles. The zero-order valence-electron chi connectivity index (χ0n) is 26.6. The Morgan fingerprint density at radius 1 is 0.306 bits per heavy atom. The molecule has 2 aromatic heterocycles. The minimum absolute atomic E-state index is 0.578. The first kappa shape index (κ1) is 29.7. The SMILES string of the molecule is Nc1ccc(-c2cc(-c3ccccn3)cc(-c3nc(-c4ccc(-c5ccccc5)cc4)nc(-c4ccc(-c5ccccc5)cc4)n3)c2)cc1. The van der Waals surface area contributed by atoms with Gasteiger partial charge >= 0.3 is 0 Å². The van der Waals surface area contributed by atoms with Crippen molar-refractivity contribution < 1.29 is 0 Å². The minimum atomic E-state index is 0.578. The minimum Gasteiger partial charge on any atom is -0.399 e. The van der Waals surface area contributed by atoms with Crippen molar-refractivity contribution in [2.24, 2.45) is 0 Å². The summed E-state index contributed by atoms with van der Waals surface area (Å²) in [5.41, 5.74) is 17.9. The number of rotatable bonds is 7. The molecule has 0 unspecified atom stereocenters. The molecule has 0 radical (unpaired) electrons. The van der Waals surface area contributed by atoms with Crippen molar-refractivity contribution in [3.63, 3.8) is 0 Å². The highest BCUT2D eigenvalue weighted by Gasteiger charge is 2.16. The van der Waals surface area contributed by atoms with Gasteiger partial charge in [0.25, 0.3) is 0 Å². The van der Waals surface area contributed by atoms with Gasteiger partial charge in [-0.3, -0.25) is 4.98 Å². The van der Waals surface area contributed by atoms with Crippen LogP contribution in [0.2, 0.25) is 0 Å². The van der Waals surface area contributed by atoms with E-state index in [-0.39, 0.29) is 0 Å². The predicted molar refractivity (Wildman–Crippen MR) is 200 cm³/mol. The molecule has 5 heteroatoms. The van der Waals surface area contributed by atoms with Gasteiger partial charge in [-0.05, 0) is 75.8 Å². The van der Waals surface area contributed by atoms with Gasteiger partial charge < -0.3 is 5.73 Å². The van der Waals surface area contributed by atoms with E-state index in [2.05, 4.69) is 120 Å². The van der Waals surface area contributed by atoms with Crippen LogP contribution in [0.1, 0.15) is 0 Å². The van der Waals surface area contributed by atoms with E-state index in [1.165, 1.54) is 0 Å². The van der Waals surface area contributed by atoms with E-state index in [0.29, 0.717) is 23.2 Å². The summed E-state index contributed by atoms with van der Waals surface area (Å²) in [6, 6.07) is 57.7. The van der Waals surface area contributed by atoms with Crippen LogP contribution in [-0.4, -0.2) is 19.9 Å². The number of nitrogens with zero attached hydrogens (tertiary/aromatic N) is 4. The Hall–Kier alpha value is -6.72. The van der Waals surface area contributed by atoms with Crippen LogP contribution in [0.25, 0.3) is 78.8 Å². The van der Waals surface area contributed by atoms with E-state index < -0.39 is 0 Å². The summed E-state index contributed by atoms with van der Waals surface area (Å²) < 4.78 is 0. The molecule has 2 N–H and O–H groups in total. The van der Waals surface area contributed by atoms with Gasteiger partial charge in [0.1, 0.15) is 0 Å². The summed E-state index contributed by atoms with van der Waals surface area (Å²) in [7, 11) is 0. The van der Waals surface area contributed by atoms with Crippen LogP contribution in [0.4, 0.5) is 5.69 Å². The molecule has 8 rings (SSSR count). The highest BCUT2D eigenvalue weighted by atomic mass is 15.0. The largest absolute Gasteiger partial charge is 0.399 e. The third-order valence-electron chi connectivity index (χ3n) is 8.53. The van der Waals surface area contributed by atoms with Gasteiger partial charge in [0.15, 0.2) is 17.5 Å². The van der Waals surface area contributed by atoms with E-state index in [9.17, 15) is 0 Å². The molecule has 232 valence electrons. The van der Waals surface area contributed by atoms with Crippen LogP contribution in [-0.2, 0) is 0 Å². The summed E-state index contributed by atoms with van der Waals surface area (Å²) in [6.07, 6.45) is 1.81. The Balaban J connectivity index is 1.28. The first-order valence-corrected chi connectivity index (χ1v) is 16.2. The fourth-order valence-corrected chi connectivity index (χ4v) is 5.93. The predicted octanol–water partition coefficient (Wildman–Crippen LogP) is 10.5. The van der Waals surface area contributed by atoms with Gasteiger partial charge in [-0.2, -0.15) is 0 Å². The molecule has 6 aromatic carbocycles. The molecule has 0 aliphatic rings. The highest BCUT2D eigenvalue weighted by molar-refractivity contribution is 5.80. The average molecular weight is 630 g/mol. The number of anilines is 1. The van der Waals surface area contributed by atoms with Gasteiger partial charge in [-0.25, -0.2) is 15.0 Å². The number of nitrogens with two attached hydrogens (primary N) is 1. The Bertz CT molecular complexity index is 2240. The maximum absolute atomic E-state index is 6.04. The molecule has 0 fully saturated rings. The third kappa shape index (κ3) is 6.46. The second-order valence-corrected chi connectivity index (χ2v) is 11.8. The lowest BCUT2D eigenvalue weighted by molar-refractivity contribution is 1.07. The zero-order chi connectivity index (χ0) is 33.0. The van der Waals surface area contributed by atoms with Crippen molar-refractivity contribution in [2.75, 3.05) is 5.73 Å². The lowest BCUT2D eigenvalue weighted by Crippen LogP contribution is -2.01. The number of nitrogen functional groups attached to an aromatic ring is 1. The Labute approximate surface area is 285 Å². The maximum Gasteiger partial charge on any atom is 0.164 e. The molecule has 0 aliphatic carbocycles. The average Bonchev–Trinajstić information content (AvgIpc) is 3.19. The first-order chi connectivity index (χ1) is 24.2. The van der Waals surface area contributed by atoms with Gasteiger partial charge in [0.2, 0.25) is 0 Å². The normalized spacial score (nSPS) is 10.9. The monoisotopic (exact) mass is 629 g/mol.